The highest BCUT2D eigenvalue weighted by atomic mass is 15.1. The van der Waals surface area contributed by atoms with E-state index in [0.717, 1.165) is 31.6 Å². The lowest BCUT2D eigenvalue weighted by atomic mass is 10.1. The zero-order chi connectivity index (χ0) is 8.10. The molecule has 0 atom stereocenters. The highest BCUT2D eigenvalue weighted by Gasteiger charge is 2.08. The summed E-state index contributed by atoms with van der Waals surface area (Å²) in [6.07, 6.45) is 4.78. The second kappa shape index (κ2) is 3.95. The Balaban J connectivity index is 2.42. The fourth-order valence-electron chi connectivity index (χ4n) is 1.16. The van der Waals surface area contributed by atoms with E-state index in [9.17, 15) is 0 Å². The Morgan fingerprint density at radius 3 is 3.09 bits per heavy atom. The third kappa shape index (κ3) is 2.21. The first-order valence-electron chi connectivity index (χ1n) is 3.79. The molecule has 0 fully saturated rings. The molecule has 0 amide bonds. The summed E-state index contributed by atoms with van der Waals surface area (Å²) in [5, 5.41) is 8.55. The molecule has 0 N–H and O–H groups in total. The number of hydrogen-bond acceptors (Lipinski definition) is 2. The van der Waals surface area contributed by atoms with Crippen molar-refractivity contribution >= 4 is 0 Å². The van der Waals surface area contributed by atoms with Crippen molar-refractivity contribution in [3.63, 3.8) is 0 Å². The van der Waals surface area contributed by atoms with E-state index in [1.54, 1.807) is 0 Å². The Labute approximate surface area is 67.4 Å². The highest BCUT2D eigenvalue weighted by Crippen LogP contribution is 2.08. The molecule has 0 spiro atoms. The lowest BCUT2D eigenvalue weighted by Gasteiger charge is -2.22. The summed E-state index contributed by atoms with van der Waals surface area (Å²) in [4.78, 5) is 2.26. The molecular weight excluding hydrogens is 136 g/mol. The zero-order valence-corrected chi connectivity index (χ0v) is 6.58. The maximum atomic E-state index is 8.55. The summed E-state index contributed by atoms with van der Waals surface area (Å²) in [5.74, 6) is 0. The number of nitrogens with zero attached hydrogens (tertiary/aromatic N) is 2. The van der Waals surface area contributed by atoms with Gasteiger partial charge >= 0.3 is 0 Å². The van der Waals surface area contributed by atoms with Gasteiger partial charge in [-0.05, 0) is 6.42 Å². The van der Waals surface area contributed by atoms with Gasteiger partial charge in [0.15, 0.2) is 0 Å². The van der Waals surface area contributed by atoms with Crippen LogP contribution in [0.5, 0.6) is 0 Å². The van der Waals surface area contributed by atoms with E-state index in [2.05, 4.69) is 17.5 Å². The first-order valence-corrected chi connectivity index (χ1v) is 3.79. The second-order valence-electron chi connectivity index (χ2n) is 2.64. The SMILES string of the molecule is C=CCN1CC=C(C#N)CC1. The van der Waals surface area contributed by atoms with Crippen LogP contribution in [0, 0.1) is 11.3 Å². The summed E-state index contributed by atoms with van der Waals surface area (Å²) in [7, 11) is 0. The van der Waals surface area contributed by atoms with Crippen LogP contribution in [-0.4, -0.2) is 24.5 Å². The summed E-state index contributed by atoms with van der Waals surface area (Å²) >= 11 is 0. The predicted octanol–water partition coefficient (Wildman–Crippen LogP) is 1.33. The van der Waals surface area contributed by atoms with E-state index in [1.165, 1.54) is 0 Å². The number of rotatable bonds is 2. The average Bonchev–Trinajstić information content (AvgIpc) is 2.07. The third-order valence-electron chi connectivity index (χ3n) is 1.82. The molecule has 0 saturated heterocycles. The molecular formula is C9H12N2. The van der Waals surface area contributed by atoms with Gasteiger partial charge in [0.2, 0.25) is 0 Å². The largest absolute Gasteiger partial charge is 0.296 e. The molecule has 0 bridgehead atoms. The van der Waals surface area contributed by atoms with Gasteiger partial charge in [-0.15, -0.1) is 6.58 Å². The fourth-order valence-corrected chi connectivity index (χ4v) is 1.16. The van der Waals surface area contributed by atoms with Gasteiger partial charge in [0.25, 0.3) is 0 Å². The fraction of sp³-hybridized carbons (Fsp3) is 0.444. The second-order valence-corrected chi connectivity index (χ2v) is 2.64. The standard InChI is InChI=1S/C9H12N2/c1-2-5-11-6-3-9(8-10)4-7-11/h2-3H,1,4-7H2. The van der Waals surface area contributed by atoms with E-state index in [1.807, 2.05) is 12.2 Å². The Morgan fingerprint density at radius 1 is 1.82 bits per heavy atom. The smallest absolute Gasteiger partial charge is 0.0944 e. The third-order valence-corrected chi connectivity index (χ3v) is 1.82. The molecule has 0 unspecified atom stereocenters. The molecule has 0 saturated carbocycles. The monoisotopic (exact) mass is 148 g/mol. The molecule has 1 aliphatic heterocycles. The number of nitriles is 1. The first kappa shape index (κ1) is 8.03. The van der Waals surface area contributed by atoms with E-state index in [0.29, 0.717) is 0 Å². The minimum absolute atomic E-state index is 0.893. The van der Waals surface area contributed by atoms with E-state index in [4.69, 9.17) is 5.26 Å². The summed E-state index contributed by atoms with van der Waals surface area (Å²) in [6, 6.07) is 2.18. The maximum Gasteiger partial charge on any atom is 0.0944 e. The Bertz CT molecular complexity index is 210. The van der Waals surface area contributed by atoms with E-state index in [-0.39, 0.29) is 0 Å². The summed E-state index contributed by atoms with van der Waals surface area (Å²) in [5.41, 5.74) is 0.922. The van der Waals surface area contributed by atoms with Gasteiger partial charge < -0.3 is 0 Å². The average molecular weight is 148 g/mol. The van der Waals surface area contributed by atoms with Crippen molar-refractivity contribution in [3.8, 4) is 6.07 Å². The summed E-state index contributed by atoms with van der Waals surface area (Å²) in [6.45, 7) is 6.48. The molecule has 2 heteroatoms. The molecule has 0 aromatic rings. The van der Waals surface area contributed by atoms with Crippen LogP contribution in [0.2, 0.25) is 0 Å². The van der Waals surface area contributed by atoms with Gasteiger partial charge in [-0.25, -0.2) is 0 Å². The molecule has 1 rings (SSSR count). The van der Waals surface area contributed by atoms with Gasteiger partial charge in [0.05, 0.1) is 6.07 Å². The van der Waals surface area contributed by atoms with Crippen LogP contribution in [0.15, 0.2) is 24.3 Å². The van der Waals surface area contributed by atoms with Gasteiger partial charge in [0.1, 0.15) is 0 Å². The van der Waals surface area contributed by atoms with Crippen molar-refractivity contribution in [2.75, 3.05) is 19.6 Å². The molecule has 0 aliphatic carbocycles. The molecule has 0 aromatic heterocycles. The molecule has 0 aromatic carbocycles. The normalized spacial score (nSPS) is 18.6. The molecule has 58 valence electrons. The quantitative estimate of drug-likeness (QED) is 0.552. The van der Waals surface area contributed by atoms with Gasteiger partial charge in [-0.2, -0.15) is 5.26 Å². The Morgan fingerprint density at radius 2 is 2.64 bits per heavy atom. The van der Waals surface area contributed by atoms with Gasteiger partial charge in [0, 0.05) is 25.2 Å². The van der Waals surface area contributed by atoms with Crippen molar-refractivity contribution in [2.24, 2.45) is 0 Å². The van der Waals surface area contributed by atoms with Crippen LogP contribution in [-0.2, 0) is 0 Å². The Hall–Kier alpha value is -1.07. The number of hydrogen-bond donors (Lipinski definition) is 0. The van der Waals surface area contributed by atoms with Crippen LogP contribution in [0.4, 0.5) is 0 Å². The van der Waals surface area contributed by atoms with Crippen LogP contribution >= 0.6 is 0 Å². The van der Waals surface area contributed by atoms with Crippen molar-refractivity contribution in [1.82, 2.24) is 4.90 Å². The first-order chi connectivity index (χ1) is 5.36. The predicted molar refractivity (Wildman–Crippen MR) is 45.0 cm³/mol. The molecule has 0 radical (unpaired) electrons. The molecule has 1 aliphatic rings. The molecule has 2 nitrogen and oxygen atoms in total. The van der Waals surface area contributed by atoms with Crippen molar-refractivity contribution in [3.05, 3.63) is 24.3 Å². The lowest BCUT2D eigenvalue weighted by molar-refractivity contribution is 0.328. The van der Waals surface area contributed by atoms with Crippen molar-refractivity contribution < 1.29 is 0 Å². The van der Waals surface area contributed by atoms with Crippen LogP contribution in [0.25, 0.3) is 0 Å². The summed E-state index contributed by atoms with van der Waals surface area (Å²) < 4.78 is 0. The van der Waals surface area contributed by atoms with Crippen LogP contribution < -0.4 is 0 Å². The Kier molecular flexibility index (Phi) is 2.88. The van der Waals surface area contributed by atoms with Crippen LogP contribution in [0.3, 0.4) is 0 Å². The highest BCUT2D eigenvalue weighted by molar-refractivity contribution is 5.23. The van der Waals surface area contributed by atoms with Crippen LogP contribution in [0.1, 0.15) is 6.42 Å². The minimum Gasteiger partial charge on any atom is -0.296 e. The minimum atomic E-state index is 0.893. The van der Waals surface area contributed by atoms with Crippen molar-refractivity contribution in [2.45, 2.75) is 6.42 Å². The van der Waals surface area contributed by atoms with Crippen molar-refractivity contribution in [1.29, 1.82) is 5.26 Å². The van der Waals surface area contributed by atoms with Gasteiger partial charge in [-0.3, -0.25) is 4.90 Å². The maximum absolute atomic E-state index is 8.55. The zero-order valence-electron chi connectivity index (χ0n) is 6.58. The van der Waals surface area contributed by atoms with Gasteiger partial charge in [-0.1, -0.05) is 12.2 Å². The topological polar surface area (TPSA) is 27.0 Å². The molecule has 11 heavy (non-hydrogen) atoms. The lowest BCUT2D eigenvalue weighted by Crippen LogP contribution is -2.28. The van der Waals surface area contributed by atoms with E-state index >= 15 is 0 Å². The molecule has 1 heterocycles. The van der Waals surface area contributed by atoms with E-state index < -0.39 is 0 Å².